The van der Waals surface area contributed by atoms with E-state index in [1.807, 2.05) is 6.07 Å². The fraction of sp³-hybridized carbons (Fsp3) is 0.133. The Morgan fingerprint density at radius 1 is 1.19 bits per heavy atom. The Kier molecular flexibility index (Phi) is 4.24. The molecule has 0 N–H and O–H groups in total. The lowest BCUT2D eigenvalue weighted by atomic mass is 10.1. The molecule has 0 bridgehead atoms. The molecule has 0 amide bonds. The van der Waals surface area contributed by atoms with E-state index in [-0.39, 0.29) is 5.69 Å². The summed E-state index contributed by atoms with van der Waals surface area (Å²) in [5, 5.41) is 20.1. The third kappa shape index (κ3) is 3.20. The highest BCUT2D eigenvalue weighted by Gasteiger charge is 2.16. The molecule has 106 valence electrons. The van der Waals surface area contributed by atoms with Crippen LogP contribution in [0.4, 0.5) is 5.69 Å². The summed E-state index contributed by atoms with van der Waals surface area (Å²) in [7, 11) is 0. The van der Waals surface area contributed by atoms with Gasteiger partial charge in [0.25, 0.3) is 5.69 Å². The van der Waals surface area contributed by atoms with Crippen molar-refractivity contribution in [2.75, 3.05) is 0 Å². The van der Waals surface area contributed by atoms with Crippen LogP contribution in [-0.2, 0) is 0 Å². The van der Waals surface area contributed by atoms with Gasteiger partial charge in [-0.25, -0.2) is 0 Å². The first-order chi connectivity index (χ1) is 9.92. The minimum Gasteiger partial charge on any atom is -0.455 e. The predicted octanol–water partition coefficient (Wildman–Crippen LogP) is 4.64. The standard InChI is InChI=1S/C15H11BrN2O3/c1-9-5-10(2)15(7-13(9)18(19)20)21-14-4-3-12(16)6-11(14)8-17/h3-7H,1-2H3. The number of nitro benzene ring substituents is 1. The monoisotopic (exact) mass is 346 g/mol. The maximum absolute atomic E-state index is 11.0. The van der Waals surface area contributed by atoms with Crippen molar-refractivity contribution < 1.29 is 9.66 Å². The highest BCUT2D eigenvalue weighted by atomic mass is 79.9. The van der Waals surface area contributed by atoms with Gasteiger partial charge in [-0.3, -0.25) is 10.1 Å². The molecular weight excluding hydrogens is 336 g/mol. The number of benzene rings is 2. The number of hydrogen-bond acceptors (Lipinski definition) is 4. The molecule has 0 aliphatic rings. The average Bonchev–Trinajstić information content (AvgIpc) is 2.42. The lowest BCUT2D eigenvalue weighted by molar-refractivity contribution is -0.385. The first kappa shape index (κ1) is 15.0. The van der Waals surface area contributed by atoms with E-state index >= 15 is 0 Å². The minimum absolute atomic E-state index is 0.00813. The number of ether oxygens (including phenoxy) is 1. The Bertz CT molecular complexity index is 766. The van der Waals surface area contributed by atoms with Crippen molar-refractivity contribution in [2.24, 2.45) is 0 Å². The molecule has 2 aromatic carbocycles. The second kappa shape index (κ2) is 5.94. The quantitative estimate of drug-likeness (QED) is 0.599. The molecule has 0 heterocycles. The highest BCUT2D eigenvalue weighted by molar-refractivity contribution is 9.10. The van der Waals surface area contributed by atoms with Gasteiger partial charge in [-0.2, -0.15) is 5.26 Å². The minimum atomic E-state index is -0.450. The van der Waals surface area contributed by atoms with Gasteiger partial charge in [0.1, 0.15) is 17.6 Å². The lowest BCUT2D eigenvalue weighted by Gasteiger charge is -2.11. The molecule has 0 fully saturated rings. The maximum atomic E-state index is 11.0. The van der Waals surface area contributed by atoms with Gasteiger partial charge in [0.15, 0.2) is 0 Å². The summed E-state index contributed by atoms with van der Waals surface area (Å²) >= 11 is 3.28. The summed E-state index contributed by atoms with van der Waals surface area (Å²) in [6, 6.07) is 10.1. The van der Waals surface area contributed by atoms with Gasteiger partial charge >= 0.3 is 0 Å². The molecule has 0 saturated carbocycles. The zero-order valence-corrected chi connectivity index (χ0v) is 13.0. The molecule has 0 spiro atoms. The van der Waals surface area contributed by atoms with E-state index in [9.17, 15) is 10.1 Å². The van der Waals surface area contributed by atoms with Crippen LogP contribution >= 0.6 is 15.9 Å². The number of nitro groups is 1. The molecule has 0 atom stereocenters. The summed E-state index contributed by atoms with van der Waals surface area (Å²) in [5.74, 6) is 0.730. The molecule has 0 aliphatic carbocycles. The van der Waals surface area contributed by atoms with Crippen molar-refractivity contribution >= 4 is 21.6 Å². The Balaban J connectivity index is 2.47. The zero-order valence-electron chi connectivity index (χ0n) is 11.4. The van der Waals surface area contributed by atoms with Gasteiger partial charge < -0.3 is 4.74 Å². The molecule has 0 saturated heterocycles. The van der Waals surface area contributed by atoms with Crippen molar-refractivity contribution in [3.8, 4) is 17.6 Å². The molecule has 0 aromatic heterocycles. The predicted molar refractivity (Wildman–Crippen MR) is 81.5 cm³/mol. The maximum Gasteiger partial charge on any atom is 0.276 e. The Labute approximate surface area is 130 Å². The molecule has 21 heavy (non-hydrogen) atoms. The van der Waals surface area contributed by atoms with E-state index < -0.39 is 4.92 Å². The summed E-state index contributed by atoms with van der Waals surface area (Å²) in [6.45, 7) is 3.48. The second-order valence-corrected chi connectivity index (χ2v) is 5.43. The number of rotatable bonds is 3. The van der Waals surface area contributed by atoms with Crippen LogP contribution in [0.3, 0.4) is 0 Å². The van der Waals surface area contributed by atoms with E-state index in [0.717, 1.165) is 10.0 Å². The Hall–Kier alpha value is -2.39. The van der Waals surface area contributed by atoms with Gasteiger partial charge in [0.05, 0.1) is 16.6 Å². The van der Waals surface area contributed by atoms with Crippen LogP contribution in [0.2, 0.25) is 0 Å². The molecule has 6 heteroatoms. The number of nitrogens with zero attached hydrogens (tertiary/aromatic N) is 2. The summed E-state index contributed by atoms with van der Waals surface area (Å²) in [5.41, 5.74) is 1.68. The van der Waals surface area contributed by atoms with Crippen LogP contribution in [0.5, 0.6) is 11.5 Å². The molecular formula is C15H11BrN2O3. The van der Waals surface area contributed by atoms with Gasteiger partial charge in [0, 0.05) is 10.0 Å². The Morgan fingerprint density at radius 3 is 2.52 bits per heavy atom. The third-order valence-corrected chi connectivity index (χ3v) is 3.47. The van der Waals surface area contributed by atoms with Gasteiger partial charge in [0.2, 0.25) is 0 Å². The topological polar surface area (TPSA) is 76.2 Å². The molecule has 5 nitrogen and oxygen atoms in total. The number of halogens is 1. The van der Waals surface area contributed by atoms with Crippen LogP contribution < -0.4 is 4.74 Å². The fourth-order valence-electron chi connectivity index (χ4n) is 1.93. The van der Waals surface area contributed by atoms with Gasteiger partial charge in [-0.05, 0) is 43.7 Å². The normalized spacial score (nSPS) is 10.0. The van der Waals surface area contributed by atoms with Gasteiger partial charge in [-0.15, -0.1) is 0 Å². The lowest BCUT2D eigenvalue weighted by Crippen LogP contribution is -1.96. The number of aryl methyl sites for hydroxylation is 2. The SMILES string of the molecule is Cc1cc(C)c([N+](=O)[O-])cc1Oc1ccc(Br)cc1C#N. The molecule has 2 rings (SSSR count). The van der Waals surface area contributed by atoms with Crippen molar-refractivity contribution in [3.05, 3.63) is 61.6 Å². The Morgan fingerprint density at radius 2 is 1.90 bits per heavy atom. The largest absolute Gasteiger partial charge is 0.455 e. The van der Waals surface area contributed by atoms with Crippen LogP contribution in [0.15, 0.2) is 34.8 Å². The molecule has 0 radical (unpaired) electrons. The summed E-state index contributed by atoms with van der Waals surface area (Å²) in [6.07, 6.45) is 0. The second-order valence-electron chi connectivity index (χ2n) is 4.52. The number of hydrogen-bond donors (Lipinski definition) is 0. The third-order valence-electron chi connectivity index (χ3n) is 2.97. The highest BCUT2D eigenvalue weighted by Crippen LogP contribution is 2.33. The van der Waals surface area contributed by atoms with E-state index in [4.69, 9.17) is 10.00 Å². The van der Waals surface area contributed by atoms with Crippen molar-refractivity contribution in [3.63, 3.8) is 0 Å². The van der Waals surface area contributed by atoms with Gasteiger partial charge in [-0.1, -0.05) is 15.9 Å². The zero-order chi connectivity index (χ0) is 15.6. The van der Waals surface area contributed by atoms with E-state index in [1.165, 1.54) is 6.07 Å². The van der Waals surface area contributed by atoms with E-state index in [2.05, 4.69) is 15.9 Å². The van der Waals surface area contributed by atoms with Crippen LogP contribution in [0, 0.1) is 35.3 Å². The fourth-order valence-corrected chi connectivity index (χ4v) is 2.29. The molecule has 2 aromatic rings. The van der Waals surface area contributed by atoms with Crippen LogP contribution in [0.1, 0.15) is 16.7 Å². The van der Waals surface area contributed by atoms with Crippen molar-refractivity contribution in [1.29, 1.82) is 5.26 Å². The first-order valence-electron chi connectivity index (χ1n) is 6.05. The smallest absolute Gasteiger partial charge is 0.276 e. The van der Waals surface area contributed by atoms with E-state index in [0.29, 0.717) is 22.6 Å². The summed E-state index contributed by atoms with van der Waals surface area (Å²) < 4.78 is 6.45. The molecule has 0 unspecified atom stereocenters. The van der Waals surface area contributed by atoms with Crippen molar-refractivity contribution in [1.82, 2.24) is 0 Å². The average molecular weight is 347 g/mol. The number of nitriles is 1. The van der Waals surface area contributed by atoms with Crippen LogP contribution in [0.25, 0.3) is 0 Å². The summed E-state index contributed by atoms with van der Waals surface area (Å²) in [4.78, 5) is 10.5. The molecule has 0 aliphatic heterocycles. The van der Waals surface area contributed by atoms with E-state index in [1.54, 1.807) is 38.1 Å². The van der Waals surface area contributed by atoms with Crippen molar-refractivity contribution in [2.45, 2.75) is 13.8 Å². The van der Waals surface area contributed by atoms with Crippen LogP contribution in [-0.4, -0.2) is 4.92 Å². The first-order valence-corrected chi connectivity index (χ1v) is 6.85.